The minimum atomic E-state index is -4.38. The van der Waals surface area contributed by atoms with Crippen LogP contribution in [0.3, 0.4) is 0 Å². The summed E-state index contributed by atoms with van der Waals surface area (Å²) in [7, 11) is 1.78. The second kappa shape index (κ2) is 5.72. The zero-order valence-electron chi connectivity index (χ0n) is 11.3. The molecular formula is C13H13F3N4S. The first kappa shape index (κ1) is 15.3. The third kappa shape index (κ3) is 3.72. The number of hydrogen-bond acceptors (Lipinski definition) is 2. The van der Waals surface area contributed by atoms with Crippen molar-refractivity contribution in [3.63, 3.8) is 0 Å². The number of rotatable bonds is 2. The molecule has 2 rings (SSSR count). The van der Waals surface area contributed by atoms with Gasteiger partial charge in [-0.3, -0.25) is 4.68 Å². The Bertz CT molecular complexity index is 664. The standard InChI is InChI=1S/C13H13F3N4S/c1-8-11(7-17-20(8)2)19-12(21)18-10-5-3-4-9(6-10)13(14,15)16/h3-7H,1-2H3,(H2,18,19,21). The van der Waals surface area contributed by atoms with E-state index < -0.39 is 11.7 Å². The molecule has 112 valence electrons. The van der Waals surface area contributed by atoms with Gasteiger partial charge in [-0.1, -0.05) is 6.07 Å². The van der Waals surface area contributed by atoms with Crippen molar-refractivity contribution < 1.29 is 13.2 Å². The maximum atomic E-state index is 12.6. The lowest BCUT2D eigenvalue weighted by molar-refractivity contribution is -0.137. The Balaban J connectivity index is 2.08. The number of hydrogen-bond donors (Lipinski definition) is 2. The fourth-order valence-electron chi connectivity index (χ4n) is 1.68. The van der Waals surface area contributed by atoms with E-state index in [9.17, 15) is 13.2 Å². The molecule has 8 heteroatoms. The van der Waals surface area contributed by atoms with E-state index in [1.807, 2.05) is 6.92 Å². The normalized spacial score (nSPS) is 11.3. The summed E-state index contributed by atoms with van der Waals surface area (Å²) in [6, 6.07) is 4.85. The summed E-state index contributed by atoms with van der Waals surface area (Å²) in [6.45, 7) is 1.85. The molecule has 0 radical (unpaired) electrons. The molecule has 0 saturated carbocycles. The molecule has 0 aliphatic heterocycles. The van der Waals surface area contributed by atoms with Crippen LogP contribution < -0.4 is 10.6 Å². The van der Waals surface area contributed by atoms with Gasteiger partial charge in [0.05, 0.1) is 23.1 Å². The zero-order valence-corrected chi connectivity index (χ0v) is 12.1. The number of aryl methyl sites for hydroxylation is 1. The number of nitrogens with zero attached hydrogens (tertiary/aromatic N) is 2. The molecule has 2 N–H and O–H groups in total. The predicted octanol–water partition coefficient (Wildman–Crippen LogP) is 3.56. The molecule has 4 nitrogen and oxygen atoms in total. The SMILES string of the molecule is Cc1c(NC(=S)Nc2cccc(C(F)(F)F)c2)cnn1C. The van der Waals surface area contributed by atoms with Gasteiger partial charge in [0.25, 0.3) is 0 Å². The highest BCUT2D eigenvalue weighted by molar-refractivity contribution is 7.80. The molecule has 0 fully saturated rings. The minimum absolute atomic E-state index is 0.199. The molecule has 0 bridgehead atoms. The Labute approximate surface area is 125 Å². The lowest BCUT2D eigenvalue weighted by Gasteiger charge is -2.12. The third-order valence-corrected chi connectivity index (χ3v) is 3.14. The Kier molecular flexibility index (Phi) is 4.17. The van der Waals surface area contributed by atoms with Crippen LogP contribution in [0.4, 0.5) is 24.5 Å². The van der Waals surface area contributed by atoms with Crippen molar-refractivity contribution in [3.8, 4) is 0 Å². The van der Waals surface area contributed by atoms with Gasteiger partial charge in [-0.2, -0.15) is 18.3 Å². The van der Waals surface area contributed by atoms with Gasteiger partial charge >= 0.3 is 6.18 Å². The van der Waals surface area contributed by atoms with E-state index in [4.69, 9.17) is 12.2 Å². The molecule has 0 amide bonds. The monoisotopic (exact) mass is 314 g/mol. The first-order valence-corrected chi connectivity index (χ1v) is 6.42. The summed E-state index contributed by atoms with van der Waals surface area (Å²) in [6.07, 6.45) is -2.79. The van der Waals surface area contributed by atoms with Crippen molar-refractivity contribution >= 4 is 28.7 Å². The first-order valence-electron chi connectivity index (χ1n) is 6.01. The molecule has 1 aromatic carbocycles. The number of benzene rings is 1. The van der Waals surface area contributed by atoms with Crippen LogP contribution >= 0.6 is 12.2 Å². The first-order chi connectivity index (χ1) is 9.77. The lowest BCUT2D eigenvalue weighted by Crippen LogP contribution is -2.19. The molecule has 0 saturated heterocycles. The molecule has 1 heterocycles. The number of halogens is 3. The van der Waals surface area contributed by atoms with Gasteiger partial charge in [0.2, 0.25) is 0 Å². The lowest BCUT2D eigenvalue weighted by atomic mass is 10.2. The Morgan fingerprint density at radius 3 is 2.57 bits per heavy atom. The summed E-state index contributed by atoms with van der Waals surface area (Å²) in [4.78, 5) is 0. The average molecular weight is 314 g/mol. The van der Waals surface area contributed by atoms with E-state index in [1.54, 1.807) is 17.9 Å². The van der Waals surface area contributed by atoms with Crippen LogP contribution in [-0.4, -0.2) is 14.9 Å². The molecule has 0 aliphatic carbocycles. The second-order valence-electron chi connectivity index (χ2n) is 4.42. The minimum Gasteiger partial charge on any atom is -0.332 e. The van der Waals surface area contributed by atoms with Crippen molar-refractivity contribution in [1.82, 2.24) is 9.78 Å². The van der Waals surface area contributed by atoms with Crippen molar-refractivity contribution in [2.75, 3.05) is 10.6 Å². The van der Waals surface area contributed by atoms with E-state index >= 15 is 0 Å². The largest absolute Gasteiger partial charge is 0.416 e. The fourth-order valence-corrected chi connectivity index (χ4v) is 1.91. The number of aromatic nitrogens is 2. The van der Waals surface area contributed by atoms with E-state index in [0.29, 0.717) is 5.69 Å². The maximum absolute atomic E-state index is 12.6. The number of alkyl halides is 3. The van der Waals surface area contributed by atoms with Gasteiger partial charge < -0.3 is 10.6 Å². The zero-order chi connectivity index (χ0) is 15.6. The smallest absolute Gasteiger partial charge is 0.332 e. The molecule has 0 unspecified atom stereocenters. The van der Waals surface area contributed by atoms with Crippen molar-refractivity contribution in [3.05, 3.63) is 41.7 Å². The van der Waals surface area contributed by atoms with Crippen LogP contribution in [0, 0.1) is 6.92 Å². The molecule has 0 atom stereocenters. The van der Waals surface area contributed by atoms with Gasteiger partial charge in [0, 0.05) is 12.7 Å². The Morgan fingerprint density at radius 2 is 2.00 bits per heavy atom. The highest BCUT2D eigenvalue weighted by Crippen LogP contribution is 2.30. The Hall–Kier alpha value is -2.09. The highest BCUT2D eigenvalue weighted by atomic mass is 32.1. The van der Waals surface area contributed by atoms with Gasteiger partial charge in [0.15, 0.2) is 5.11 Å². The van der Waals surface area contributed by atoms with Crippen molar-refractivity contribution in [2.45, 2.75) is 13.1 Å². The number of anilines is 2. The van der Waals surface area contributed by atoms with Crippen molar-refractivity contribution in [1.29, 1.82) is 0 Å². The van der Waals surface area contributed by atoms with E-state index in [0.717, 1.165) is 17.8 Å². The molecule has 0 aliphatic rings. The summed E-state index contributed by atoms with van der Waals surface area (Å²) in [5, 5.41) is 9.86. The van der Waals surface area contributed by atoms with Crippen LogP contribution in [-0.2, 0) is 13.2 Å². The van der Waals surface area contributed by atoms with E-state index in [1.165, 1.54) is 12.1 Å². The molecule has 1 aromatic heterocycles. The number of nitrogens with one attached hydrogen (secondary N) is 2. The second-order valence-corrected chi connectivity index (χ2v) is 4.83. The maximum Gasteiger partial charge on any atom is 0.416 e. The molecule has 21 heavy (non-hydrogen) atoms. The van der Waals surface area contributed by atoms with Crippen LogP contribution in [0.2, 0.25) is 0 Å². The molecule has 2 aromatic rings. The van der Waals surface area contributed by atoms with E-state index in [-0.39, 0.29) is 10.8 Å². The summed E-state index contributed by atoms with van der Waals surface area (Å²) in [5.41, 5.74) is 1.10. The predicted molar refractivity (Wildman–Crippen MR) is 79.2 cm³/mol. The van der Waals surface area contributed by atoms with Gasteiger partial charge in [-0.05, 0) is 37.3 Å². The van der Waals surface area contributed by atoms with E-state index in [2.05, 4.69) is 15.7 Å². The summed E-state index contributed by atoms with van der Waals surface area (Å²) in [5.74, 6) is 0. The van der Waals surface area contributed by atoms with Gasteiger partial charge in [-0.25, -0.2) is 0 Å². The topological polar surface area (TPSA) is 41.9 Å². The quantitative estimate of drug-likeness (QED) is 0.832. The number of thiocarbonyl (C=S) groups is 1. The van der Waals surface area contributed by atoms with Crippen LogP contribution in [0.1, 0.15) is 11.3 Å². The average Bonchev–Trinajstić information content (AvgIpc) is 2.70. The third-order valence-electron chi connectivity index (χ3n) is 2.93. The fraction of sp³-hybridized carbons (Fsp3) is 0.231. The van der Waals surface area contributed by atoms with Gasteiger partial charge in [-0.15, -0.1) is 0 Å². The summed E-state index contributed by atoms with van der Waals surface area (Å²) >= 11 is 5.08. The molecular weight excluding hydrogens is 301 g/mol. The van der Waals surface area contributed by atoms with Crippen LogP contribution in [0.25, 0.3) is 0 Å². The van der Waals surface area contributed by atoms with Gasteiger partial charge in [0.1, 0.15) is 0 Å². The van der Waals surface area contributed by atoms with Crippen molar-refractivity contribution in [2.24, 2.45) is 7.05 Å². The van der Waals surface area contributed by atoms with Crippen LogP contribution in [0.15, 0.2) is 30.5 Å². The molecule has 0 spiro atoms. The van der Waals surface area contributed by atoms with Crippen LogP contribution in [0.5, 0.6) is 0 Å². The Morgan fingerprint density at radius 1 is 1.29 bits per heavy atom. The summed E-state index contributed by atoms with van der Waals surface area (Å²) < 4.78 is 39.5. The highest BCUT2D eigenvalue weighted by Gasteiger charge is 2.30.